The number of nitrogen functional groups attached to an aromatic ring is 1. The number of carbonyl (C=O) groups excluding carboxylic acids is 1. The molecule has 0 saturated carbocycles. The Kier molecular flexibility index (Phi) is 4.95. The highest BCUT2D eigenvalue weighted by atomic mass is 19.4. The van der Waals surface area contributed by atoms with Gasteiger partial charge in [0.15, 0.2) is 5.82 Å². The summed E-state index contributed by atoms with van der Waals surface area (Å²) in [5.74, 6) is 0.571. The summed E-state index contributed by atoms with van der Waals surface area (Å²) in [6, 6.07) is 5.17. The number of benzene rings is 1. The summed E-state index contributed by atoms with van der Waals surface area (Å²) in [6.45, 7) is 5.34. The molecular formula is C18H20F3N5O. The molecule has 0 bridgehead atoms. The van der Waals surface area contributed by atoms with Crippen molar-refractivity contribution in [3.8, 4) is 11.4 Å². The Balaban J connectivity index is 2.01. The second-order valence-electron chi connectivity index (χ2n) is 6.42. The molecule has 0 unspecified atom stereocenters. The number of anilines is 2. The first kappa shape index (κ1) is 18.9. The van der Waals surface area contributed by atoms with Gasteiger partial charge in [-0.15, -0.1) is 0 Å². The number of amides is 1. The highest BCUT2D eigenvalue weighted by Gasteiger charge is 2.34. The third-order valence-corrected chi connectivity index (χ3v) is 4.66. The molecule has 2 heterocycles. The van der Waals surface area contributed by atoms with Gasteiger partial charge in [-0.05, 0) is 13.0 Å². The van der Waals surface area contributed by atoms with Crippen LogP contribution in [0.4, 0.5) is 24.8 Å². The van der Waals surface area contributed by atoms with Gasteiger partial charge in [-0.3, -0.25) is 4.79 Å². The quantitative estimate of drug-likeness (QED) is 0.868. The molecule has 2 aromatic rings. The lowest BCUT2D eigenvalue weighted by Gasteiger charge is -2.35. The lowest BCUT2D eigenvalue weighted by Crippen LogP contribution is -2.48. The third kappa shape index (κ3) is 3.81. The molecule has 1 aliphatic rings. The summed E-state index contributed by atoms with van der Waals surface area (Å²) in [5.41, 5.74) is 5.67. The van der Waals surface area contributed by atoms with Crippen molar-refractivity contribution in [1.82, 2.24) is 14.9 Å². The second kappa shape index (κ2) is 7.05. The van der Waals surface area contributed by atoms with Gasteiger partial charge in [-0.2, -0.15) is 13.2 Å². The van der Waals surface area contributed by atoms with Gasteiger partial charge in [0.2, 0.25) is 5.91 Å². The van der Waals surface area contributed by atoms with Crippen LogP contribution in [0.5, 0.6) is 0 Å². The number of rotatable bonds is 2. The van der Waals surface area contributed by atoms with E-state index in [9.17, 15) is 18.0 Å². The predicted octanol–water partition coefficient (Wildman–Crippen LogP) is 2.72. The van der Waals surface area contributed by atoms with Crippen LogP contribution in [0.25, 0.3) is 11.4 Å². The number of halogens is 3. The minimum Gasteiger partial charge on any atom is -0.383 e. The molecule has 9 heteroatoms. The Labute approximate surface area is 154 Å². The average Bonchev–Trinajstić information content (AvgIpc) is 2.63. The smallest absolute Gasteiger partial charge is 0.383 e. The highest BCUT2D eigenvalue weighted by Crippen LogP contribution is 2.37. The number of hydrogen-bond donors (Lipinski definition) is 1. The molecule has 144 valence electrons. The van der Waals surface area contributed by atoms with Crippen LogP contribution in [0, 0.1) is 6.92 Å². The minimum absolute atomic E-state index is 0.00614. The van der Waals surface area contributed by atoms with Gasteiger partial charge >= 0.3 is 6.18 Å². The number of alkyl halides is 3. The van der Waals surface area contributed by atoms with Crippen molar-refractivity contribution < 1.29 is 18.0 Å². The summed E-state index contributed by atoms with van der Waals surface area (Å²) in [4.78, 5) is 23.6. The van der Waals surface area contributed by atoms with Crippen LogP contribution < -0.4 is 10.6 Å². The number of hydrogen-bond acceptors (Lipinski definition) is 5. The Hall–Kier alpha value is -2.84. The maximum atomic E-state index is 13.4. The minimum atomic E-state index is -4.52. The zero-order valence-electron chi connectivity index (χ0n) is 15.0. The van der Waals surface area contributed by atoms with E-state index in [2.05, 4.69) is 9.97 Å². The van der Waals surface area contributed by atoms with E-state index in [0.29, 0.717) is 37.6 Å². The zero-order valence-corrected chi connectivity index (χ0v) is 15.0. The van der Waals surface area contributed by atoms with Crippen LogP contribution in [-0.4, -0.2) is 47.0 Å². The molecule has 0 atom stereocenters. The van der Waals surface area contributed by atoms with Crippen molar-refractivity contribution in [2.24, 2.45) is 0 Å². The van der Waals surface area contributed by atoms with Gasteiger partial charge in [0.25, 0.3) is 0 Å². The Bertz CT molecular complexity index is 861. The molecule has 1 amide bonds. The van der Waals surface area contributed by atoms with Gasteiger partial charge in [0, 0.05) is 44.2 Å². The van der Waals surface area contributed by atoms with Crippen molar-refractivity contribution >= 4 is 17.5 Å². The molecule has 1 aromatic carbocycles. The van der Waals surface area contributed by atoms with Crippen molar-refractivity contribution in [2.75, 3.05) is 36.8 Å². The van der Waals surface area contributed by atoms with Crippen LogP contribution in [0.1, 0.15) is 18.1 Å². The maximum Gasteiger partial charge on any atom is 0.417 e. The molecule has 0 radical (unpaired) electrons. The molecule has 1 fully saturated rings. The molecule has 6 nitrogen and oxygen atoms in total. The summed E-state index contributed by atoms with van der Waals surface area (Å²) in [7, 11) is 0. The number of piperazine rings is 1. The van der Waals surface area contributed by atoms with E-state index in [0.717, 1.165) is 6.07 Å². The molecule has 1 aromatic heterocycles. The number of nitrogens with zero attached hydrogens (tertiary/aromatic N) is 4. The number of carbonyl (C=O) groups is 1. The topological polar surface area (TPSA) is 75.4 Å². The molecule has 0 aliphatic carbocycles. The lowest BCUT2D eigenvalue weighted by atomic mass is 10.1. The fourth-order valence-electron chi connectivity index (χ4n) is 3.11. The highest BCUT2D eigenvalue weighted by molar-refractivity contribution is 5.74. The van der Waals surface area contributed by atoms with E-state index >= 15 is 0 Å². The van der Waals surface area contributed by atoms with Crippen LogP contribution >= 0.6 is 0 Å². The van der Waals surface area contributed by atoms with Crippen molar-refractivity contribution in [3.63, 3.8) is 0 Å². The largest absolute Gasteiger partial charge is 0.417 e. The molecule has 0 spiro atoms. The zero-order chi connectivity index (χ0) is 19.8. The van der Waals surface area contributed by atoms with Crippen LogP contribution in [-0.2, 0) is 11.0 Å². The fourth-order valence-corrected chi connectivity index (χ4v) is 3.11. The standard InChI is InChI=1S/C18H20F3N5O/c1-11-15(22)23-16(13-5-3-4-6-14(13)18(19,20)21)24-17(11)26-9-7-25(8-10-26)12(2)27/h3-6H,7-10H2,1-2H3,(H2,22,23,24). The monoisotopic (exact) mass is 379 g/mol. The molecule has 27 heavy (non-hydrogen) atoms. The number of nitrogens with two attached hydrogens (primary N) is 1. The Morgan fingerprint density at radius 2 is 1.74 bits per heavy atom. The van der Waals surface area contributed by atoms with E-state index in [1.807, 2.05) is 4.90 Å². The van der Waals surface area contributed by atoms with E-state index in [1.54, 1.807) is 11.8 Å². The fraction of sp³-hybridized carbons (Fsp3) is 0.389. The van der Waals surface area contributed by atoms with E-state index in [1.165, 1.54) is 25.1 Å². The van der Waals surface area contributed by atoms with Crippen LogP contribution in [0.3, 0.4) is 0 Å². The van der Waals surface area contributed by atoms with Gasteiger partial charge in [-0.25, -0.2) is 9.97 Å². The Morgan fingerprint density at radius 3 is 2.33 bits per heavy atom. The van der Waals surface area contributed by atoms with Gasteiger partial charge < -0.3 is 15.5 Å². The van der Waals surface area contributed by atoms with Crippen LogP contribution in [0.2, 0.25) is 0 Å². The first-order valence-corrected chi connectivity index (χ1v) is 8.49. The van der Waals surface area contributed by atoms with Gasteiger partial charge in [0.05, 0.1) is 5.56 Å². The molecule has 3 rings (SSSR count). The summed E-state index contributed by atoms with van der Waals surface area (Å²) < 4.78 is 40.1. The lowest BCUT2D eigenvalue weighted by molar-refractivity contribution is -0.137. The maximum absolute atomic E-state index is 13.4. The predicted molar refractivity (Wildman–Crippen MR) is 96.1 cm³/mol. The van der Waals surface area contributed by atoms with Gasteiger partial charge in [0.1, 0.15) is 11.6 Å². The first-order valence-electron chi connectivity index (χ1n) is 8.49. The molecule has 1 aliphatic heterocycles. The van der Waals surface area contributed by atoms with E-state index < -0.39 is 11.7 Å². The second-order valence-corrected chi connectivity index (χ2v) is 6.42. The van der Waals surface area contributed by atoms with E-state index in [4.69, 9.17) is 5.73 Å². The van der Waals surface area contributed by atoms with Gasteiger partial charge in [-0.1, -0.05) is 18.2 Å². The summed E-state index contributed by atoms with van der Waals surface area (Å²) >= 11 is 0. The summed E-state index contributed by atoms with van der Waals surface area (Å²) in [5, 5.41) is 0. The number of aromatic nitrogens is 2. The summed E-state index contributed by atoms with van der Waals surface area (Å²) in [6.07, 6.45) is -4.52. The van der Waals surface area contributed by atoms with Crippen molar-refractivity contribution in [3.05, 3.63) is 35.4 Å². The third-order valence-electron chi connectivity index (χ3n) is 4.66. The van der Waals surface area contributed by atoms with Crippen molar-refractivity contribution in [2.45, 2.75) is 20.0 Å². The molecule has 2 N–H and O–H groups in total. The molecular weight excluding hydrogens is 359 g/mol. The average molecular weight is 379 g/mol. The Morgan fingerprint density at radius 1 is 1.11 bits per heavy atom. The van der Waals surface area contributed by atoms with E-state index in [-0.39, 0.29) is 23.1 Å². The SMILES string of the molecule is CC(=O)N1CCN(c2nc(-c3ccccc3C(F)(F)F)nc(N)c2C)CC1. The normalized spacial score (nSPS) is 15.1. The first-order chi connectivity index (χ1) is 12.7. The van der Waals surface area contributed by atoms with Crippen LogP contribution in [0.15, 0.2) is 24.3 Å². The molecule has 1 saturated heterocycles. The van der Waals surface area contributed by atoms with Crippen molar-refractivity contribution in [1.29, 1.82) is 0 Å².